The summed E-state index contributed by atoms with van der Waals surface area (Å²) in [6.45, 7) is 6.03. The van der Waals surface area contributed by atoms with Gasteiger partial charge in [0.2, 0.25) is 5.88 Å². The lowest BCUT2D eigenvalue weighted by Gasteiger charge is -2.23. The van der Waals surface area contributed by atoms with E-state index in [1.165, 1.54) is 32.1 Å². The minimum atomic E-state index is -0.269. The van der Waals surface area contributed by atoms with Crippen molar-refractivity contribution in [2.24, 2.45) is 0 Å². The maximum absolute atomic E-state index is 5.93. The van der Waals surface area contributed by atoms with Crippen LogP contribution in [0.5, 0.6) is 5.88 Å². The summed E-state index contributed by atoms with van der Waals surface area (Å²) < 4.78 is 5.81. The van der Waals surface area contributed by atoms with Gasteiger partial charge in [0.1, 0.15) is 10.6 Å². The number of aromatic nitrogens is 1. The second-order valence-corrected chi connectivity index (χ2v) is 7.46. The average Bonchev–Trinajstić information content (AvgIpc) is 2.33. The van der Waals surface area contributed by atoms with Gasteiger partial charge in [-0.1, -0.05) is 19.3 Å². The smallest absolute Gasteiger partial charge is 0.238 e. The molecule has 2 N–H and O–H groups in total. The summed E-state index contributed by atoms with van der Waals surface area (Å²) in [6.07, 6.45) is 6.67. The first-order valence-corrected chi connectivity index (χ1v) is 7.94. The van der Waals surface area contributed by atoms with E-state index < -0.39 is 0 Å². The molecule has 1 fully saturated rings. The monoisotopic (exact) mass is 280 g/mol. The molecule has 0 amide bonds. The fourth-order valence-electron chi connectivity index (χ4n) is 2.23. The molecular formula is C15H24N2OS. The summed E-state index contributed by atoms with van der Waals surface area (Å²) >= 11 is 1.87. The number of anilines is 1. The van der Waals surface area contributed by atoms with E-state index in [-0.39, 0.29) is 5.60 Å². The minimum Gasteiger partial charge on any atom is -0.470 e. The van der Waals surface area contributed by atoms with E-state index in [1.54, 1.807) is 0 Å². The van der Waals surface area contributed by atoms with Crippen molar-refractivity contribution < 1.29 is 4.74 Å². The van der Waals surface area contributed by atoms with Gasteiger partial charge in [-0.15, -0.1) is 11.8 Å². The summed E-state index contributed by atoms with van der Waals surface area (Å²) in [7, 11) is 0. The fraction of sp³-hybridized carbons (Fsp3) is 0.667. The fourth-order valence-corrected chi connectivity index (χ4v) is 3.42. The van der Waals surface area contributed by atoms with Crippen molar-refractivity contribution in [1.82, 2.24) is 4.98 Å². The number of hydrogen-bond acceptors (Lipinski definition) is 4. The standard InChI is InChI=1S/C15H24N2OS/c1-15(2,3)18-14-12(16)9-10-13(17-14)19-11-7-5-4-6-8-11/h9-11H,4-8,16H2,1-3H3. The summed E-state index contributed by atoms with van der Waals surface area (Å²) in [5.74, 6) is 0.563. The predicted molar refractivity (Wildman–Crippen MR) is 81.8 cm³/mol. The van der Waals surface area contributed by atoms with Gasteiger partial charge in [-0.3, -0.25) is 0 Å². The Labute approximate surface area is 120 Å². The second kappa shape index (κ2) is 6.04. The largest absolute Gasteiger partial charge is 0.470 e. The highest BCUT2D eigenvalue weighted by atomic mass is 32.2. The molecule has 0 spiro atoms. The van der Waals surface area contributed by atoms with Crippen LogP contribution in [-0.4, -0.2) is 15.8 Å². The molecular weight excluding hydrogens is 256 g/mol. The third-order valence-corrected chi connectivity index (χ3v) is 4.38. The van der Waals surface area contributed by atoms with Gasteiger partial charge in [-0.05, 0) is 45.7 Å². The quantitative estimate of drug-likeness (QED) is 0.898. The van der Waals surface area contributed by atoms with E-state index in [9.17, 15) is 0 Å². The Bertz CT molecular complexity index is 423. The molecule has 4 heteroatoms. The molecule has 0 unspecified atom stereocenters. The van der Waals surface area contributed by atoms with Crippen LogP contribution in [0.25, 0.3) is 0 Å². The molecule has 0 atom stereocenters. The van der Waals surface area contributed by atoms with Crippen molar-refractivity contribution in [3.8, 4) is 5.88 Å². The summed E-state index contributed by atoms with van der Waals surface area (Å²) in [5, 5.41) is 1.73. The topological polar surface area (TPSA) is 48.1 Å². The zero-order chi connectivity index (χ0) is 13.9. The van der Waals surface area contributed by atoms with Crippen molar-refractivity contribution in [1.29, 1.82) is 0 Å². The molecule has 1 aliphatic rings. The van der Waals surface area contributed by atoms with Crippen LogP contribution in [-0.2, 0) is 0 Å². The summed E-state index contributed by atoms with van der Waals surface area (Å²) in [6, 6.07) is 3.91. The van der Waals surface area contributed by atoms with E-state index in [4.69, 9.17) is 10.5 Å². The predicted octanol–water partition coefficient (Wildman–Crippen LogP) is 4.27. The Hall–Kier alpha value is -0.900. The first kappa shape index (κ1) is 14.5. The highest BCUT2D eigenvalue weighted by molar-refractivity contribution is 7.99. The maximum atomic E-state index is 5.93. The lowest BCUT2D eigenvalue weighted by Crippen LogP contribution is -2.24. The van der Waals surface area contributed by atoms with Crippen LogP contribution in [0, 0.1) is 0 Å². The van der Waals surface area contributed by atoms with Gasteiger partial charge in [0.25, 0.3) is 0 Å². The first-order valence-electron chi connectivity index (χ1n) is 7.06. The van der Waals surface area contributed by atoms with Gasteiger partial charge in [0.05, 0.1) is 5.69 Å². The Kier molecular flexibility index (Phi) is 4.61. The van der Waals surface area contributed by atoms with Crippen molar-refractivity contribution in [2.75, 3.05) is 5.73 Å². The van der Waals surface area contributed by atoms with Crippen LogP contribution in [0.15, 0.2) is 17.2 Å². The first-order chi connectivity index (χ1) is 8.94. The van der Waals surface area contributed by atoms with E-state index >= 15 is 0 Å². The molecule has 3 nitrogen and oxygen atoms in total. The SMILES string of the molecule is CC(C)(C)Oc1nc(SC2CCCCC2)ccc1N. The third-order valence-electron chi connectivity index (χ3n) is 3.11. The van der Waals surface area contributed by atoms with Gasteiger partial charge in [-0.25, -0.2) is 4.98 Å². The zero-order valence-electron chi connectivity index (χ0n) is 12.1. The molecule has 2 rings (SSSR count). The number of ether oxygens (including phenoxy) is 1. The Balaban J connectivity index is 2.07. The molecule has 1 heterocycles. The van der Waals surface area contributed by atoms with Gasteiger partial charge in [0.15, 0.2) is 0 Å². The number of thioether (sulfide) groups is 1. The number of nitrogens with two attached hydrogens (primary N) is 1. The normalized spacial score (nSPS) is 17.4. The second-order valence-electron chi connectivity index (χ2n) is 6.14. The van der Waals surface area contributed by atoms with Crippen LogP contribution in [0.3, 0.4) is 0 Å². The van der Waals surface area contributed by atoms with Crippen LogP contribution in [0.2, 0.25) is 0 Å². The highest BCUT2D eigenvalue weighted by Gasteiger charge is 2.18. The van der Waals surface area contributed by atoms with Gasteiger partial charge in [-0.2, -0.15) is 0 Å². The molecule has 106 valence electrons. The molecule has 0 radical (unpaired) electrons. The summed E-state index contributed by atoms with van der Waals surface area (Å²) in [4.78, 5) is 4.57. The Morgan fingerprint density at radius 3 is 2.53 bits per heavy atom. The Morgan fingerprint density at radius 2 is 1.89 bits per heavy atom. The van der Waals surface area contributed by atoms with E-state index in [0.717, 1.165) is 5.03 Å². The summed E-state index contributed by atoms with van der Waals surface area (Å²) in [5.41, 5.74) is 6.28. The molecule has 0 bridgehead atoms. The lowest BCUT2D eigenvalue weighted by molar-refractivity contribution is 0.124. The van der Waals surface area contributed by atoms with E-state index in [2.05, 4.69) is 4.98 Å². The molecule has 0 aromatic carbocycles. The average molecular weight is 280 g/mol. The Morgan fingerprint density at radius 1 is 1.21 bits per heavy atom. The van der Waals surface area contributed by atoms with Crippen LogP contribution >= 0.6 is 11.8 Å². The van der Waals surface area contributed by atoms with Crippen molar-refractivity contribution in [2.45, 2.75) is 68.8 Å². The number of pyridine rings is 1. The molecule has 1 aliphatic carbocycles. The van der Waals surface area contributed by atoms with E-state index in [1.807, 2.05) is 44.7 Å². The minimum absolute atomic E-state index is 0.269. The molecule has 19 heavy (non-hydrogen) atoms. The van der Waals surface area contributed by atoms with Crippen LogP contribution in [0.4, 0.5) is 5.69 Å². The van der Waals surface area contributed by atoms with Gasteiger partial charge in [0, 0.05) is 5.25 Å². The number of hydrogen-bond donors (Lipinski definition) is 1. The van der Waals surface area contributed by atoms with Gasteiger partial charge >= 0.3 is 0 Å². The van der Waals surface area contributed by atoms with Crippen molar-refractivity contribution in [3.05, 3.63) is 12.1 Å². The molecule has 1 aromatic rings. The number of rotatable bonds is 3. The lowest BCUT2D eigenvalue weighted by atomic mass is 10.0. The number of nitrogens with zero attached hydrogens (tertiary/aromatic N) is 1. The van der Waals surface area contributed by atoms with Crippen molar-refractivity contribution >= 4 is 17.4 Å². The highest BCUT2D eigenvalue weighted by Crippen LogP contribution is 2.34. The van der Waals surface area contributed by atoms with Crippen LogP contribution in [0.1, 0.15) is 52.9 Å². The molecule has 0 saturated heterocycles. The van der Waals surface area contributed by atoms with Crippen LogP contribution < -0.4 is 10.5 Å². The molecule has 1 aromatic heterocycles. The maximum Gasteiger partial charge on any atom is 0.238 e. The third kappa shape index (κ3) is 4.60. The van der Waals surface area contributed by atoms with Crippen molar-refractivity contribution in [3.63, 3.8) is 0 Å². The van der Waals surface area contributed by atoms with E-state index in [0.29, 0.717) is 16.8 Å². The zero-order valence-corrected chi connectivity index (χ0v) is 12.9. The van der Waals surface area contributed by atoms with Gasteiger partial charge < -0.3 is 10.5 Å². The number of nitrogen functional groups attached to an aromatic ring is 1. The molecule has 1 saturated carbocycles. The molecule has 0 aliphatic heterocycles.